The highest BCUT2D eigenvalue weighted by molar-refractivity contribution is 6.20. The van der Waals surface area contributed by atoms with Crippen molar-refractivity contribution in [1.82, 2.24) is 0 Å². The third-order valence-electron chi connectivity index (χ3n) is 3.38. The molecule has 0 aromatic heterocycles. The summed E-state index contributed by atoms with van der Waals surface area (Å²) in [6.45, 7) is 0. The second-order valence-electron chi connectivity index (χ2n) is 4.55. The Labute approximate surface area is 113 Å². The van der Waals surface area contributed by atoms with Gasteiger partial charge in [-0.15, -0.1) is 0 Å². The quantitative estimate of drug-likeness (QED) is 0.210. The predicted molar refractivity (Wildman–Crippen MR) is 76.9 cm³/mol. The molecule has 6 nitrogen and oxygen atoms in total. The van der Waals surface area contributed by atoms with E-state index in [4.69, 9.17) is 11.5 Å². The molecule has 102 valence electrons. The van der Waals surface area contributed by atoms with E-state index in [1.807, 2.05) is 0 Å². The largest absolute Gasteiger partial charge is 0.507 e. The molecule has 0 aliphatic heterocycles. The van der Waals surface area contributed by atoms with Gasteiger partial charge in [0.1, 0.15) is 23.0 Å². The number of phenolic OH excluding ortho intramolecular Hbond substituents is 4. The highest BCUT2D eigenvalue weighted by atomic mass is 16.3. The van der Waals surface area contributed by atoms with Crippen LogP contribution < -0.4 is 11.5 Å². The average Bonchev–Trinajstić information content (AvgIpc) is 2.41. The fourth-order valence-electron chi connectivity index (χ4n) is 2.46. The van der Waals surface area contributed by atoms with Crippen molar-refractivity contribution in [2.75, 3.05) is 11.5 Å². The van der Waals surface area contributed by atoms with Gasteiger partial charge < -0.3 is 31.9 Å². The van der Waals surface area contributed by atoms with E-state index < -0.39 is 0 Å². The molecule has 6 heteroatoms. The summed E-state index contributed by atoms with van der Waals surface area (Å²) in [6.07, 6.45) is 0. The molecule has 0 spiro atoms. The minimum absolute atomic E-state index is 0.0766. The number of aromatic hydroxyl groups is 4. The second kappa shape index (κ2) is 3.74. The van der Waals surface area contributed by atoms with Gasteiger partial charge in [0, 0.05) is 11.4 Å². The predicted octanol–water partition coefficient (Wildman–Crippen LogP) is 1.98. The van der Waals surface area contributed by atoms with E-state index in [1.165, 1.54) is 24.3 Å². The van der Waals surface area contributed by atoms with Crippen LogP contribution in [0.25, 0.3) is 21.5 Å². The normalized spacial score (nSPS) is 11.2. The van der Waals surface area contributed by atoms with Crippen molar-refractivity contribution in [3.63, 3.8) is 0 Å². The molecule has 0 saturated carbocycles. The molecule has 0 heterocycles. The molecule has 3 rings (SSSR count). The van der Waals surface area contributed by atoms with Gasteiger partial charge >= 0.3 is 0 Å². The van der Waals surface area contributed by atoms with Gasteiger partial charge in [-0.3, -0.25) is 0 Å². The number of fused-ring (bicyclic) bond motifs is 2. The first kappa shape index (κ1) is 12.0. The van der Waals surface area contributed by atoms with Crippen LogP contribution in [0.1, 0.15) is 0 Å². The zero-order valence-corrected chi connectivity index (χ0v) is 10.3. The van der Waals surface area contributed by atoms with Crippen molar-refractivity contribution >= 4 is 32.9 Å². The van der Waals surface area contributed by atoms with Crippen LogP contribution in [0.4, 0.5) is 11.4 Å². The van der Waals surface area contributed by atoms with E-state index in [1.54, 1.807) is 0 Å². The van der Waals surface area contributed by atoms with Gasteiger partial charge in [0.2, 0.25) is 0 Å². The van der Waals surface area contributed by atoms with E-state index in [0.717, 1.165) is 0 Å². The molecule has 0 aliphatic rings. The number of nitrogens with two attached hydrogens (primary N) is 2. The zero-order valence-electron chi connectivity index (χ0n) is 10.3. The van der Waals surface area contributed by atoms with E-state index in [2.05, 4.69) is 0 Å². The van der Waals surface area contributed by atoms with E-state index in [0.29, 0.717) is 0 Å². The van der Waals surface area contributed by atoms with E-state index in [-0.39, 0.29) is 55.9 Å². The molecule has 0 atom stereocenters. The summed E-state index contributed by atoms with van der Waals surface area (Å²) in [7, 11) is 0. The maximum atomic E-state index is 10.3. The molecule has 0 aliphatic carbocycles. The Morgan fingerprint density at radius 2 is 0.900 bits per heavy atom. The Bertz CT molecular complexity index is 734. The Hall–Kier alpha value is -3.02. The highest BCUT2D eigenvalue weighted by Gasteiger charge is 2.21. The number of nitrogen functional groups attached to an aromatic ring is 2. The van der Waals surface area contributed by atoms with Crippen molar-refractivity contribution in [1.29, 1.82) is 0 Å². The van der Waals surface area contributed by atoms with Crippen LogP contribution in [-0.4, -0.2) is 20.4 Å². The molecule has 0 saturated heterocycles. The fraction of sp³-hybridized carbons (Fsp3) is 0. The lowest BCUT2D eigenvalue weighted by Crippen LogP contribution is -1.94. The first-order valence-corrected chi connectivity index (χ1v) is 5.79. The van der Waals surface area contributed by atoms with Crippen molar-refractivity contribution in [2.45, 2.75) is 0 Å². The maximum absolute atomic E-state index is 10.3. The molecule has 3 aromatic carbocycles. The number of anilines is 2. The van der Waals surface area contributed by atoms with Gasteiger partial charge in [-0.1, -0.05) is 0 Å². The topological polar surface area (TPSA) is 133 Å². The van der Waals surface area contributed by atoms with Crippen LogP contribution in [0.2, 0.25) is 0 Å². The van der Waals surface area contributed by atoms with E-state index in [9.17, 15) is 20.4 Å². The zero-order chi connectivity index (χ0) is 14.6. The Morgan fingerprint density at radius 3 is 1.25 bits per heavy atom. The minimum atomic E-state index is -0.342. The van der Waals surface area contributed by atoms with Gasteiger partial charge in [-0.05, 0) is 24.3 Å². The Balaban J connectivity index is 2.77. The maximum Gasteiger partial charge on any atom is 0.137 e. The molecule has 20 heavy (non-hydrogen) atoms. The third-order valence-corrected chi connectivity index (χ3v) is 3.38. The van der Waals surface area contributed by atoms with Crippen LogP contribution in [0.3, 0.4) is 0 Å². The van der Waals surface area contributed by atoms with E-state index >= 15 is 0 Å². The summed E-state index contributed by atoms with van der Waals surface area (Å²) in [6, 6.07) is 5.40. The summed E-state index contributed by atoms with van der Waals surface area (Å²) in [5, 5.41) is 40.5. The summed E-state index contributed by atoms with van der Waals surface area (Å²) in [5.74, 6) is -1.25. The standard InChI is InChI=1S/C14H12N2O4/c15-5-1-2-6(16)10-9(5)13(19)11-7(17)3-4-8(18)12(11)14(10)20/h1-4,17-20H,15-16H2. The molecule has 0 fully saturated rings. The number of rotatable bonds is 0. The van der Waals surface area contributed by atoms with Gasteiger partial charge in [-0.2, -0.15) is 0 Å². The third kappa shape index (κ3) is 1.33. The number of hydrogen-bond donors (Lipinski definition) is 6. The lowest BCUT2D eigenvalue weighted by molar-refractivity contribution is 0.451. The highest BCUT2D eigenvalue weighted by Crippen LogP contribution is 2.51. The second-order valence-corrected chi connectivity index (χ2v) is 4.55. The number of hydrogen-bond acceptors (Lipinski definition) is 6. The summed E-state index contributed by atoms with van der Waals surface area (Å²) in [5.41, 5.74) is 12.0. The summed E-state index contributed by atoms with van der Waals surface area (Å²) >= 11 is 0. The van der Waals surface area contributed by atoms with Gasteiger partial charge in [-0.25, -0.2) is 0 Å². The lowest BCUT2D eigenvalue weighted by Gasteiger charge is -2.14. The molecule has 8 N–H and O–H groups in total. The van der Waals surface area contributed by atoms with Crippen LogP contribution in [0.5, 0.6) is 23.0 Å². The van der Waals surface area contributed by atoms with Gasteiger partial charge in [0.05, 0.1) is 21.5 Å². The Morgan fingerprint density at radius 1 is 0.550 bits per heavy atom. The van der Waals surface area contributed by atoms with Crippen LogP contribution >= 0.6 is 0 Å². The van der Waals surface area contributed by atoms with Gasteiger partial charge in [0.15, 0.2) is 0 Å². The molecule has 0 bridgehead atoms. The Kier molecular flexibility index (Phi) is 2.25. The van der Waals surface area contributed by atoms with Crippen molar-refractivity contribution in [2.24, 2.45) is 0 Å². The van der Waals surface area contributed by atoms with Crippen LogP contribution in [-0.2, 0) is 0 Å². The molecule has 0 amide bonds. The average molecular weight is 272 g/mol. The number of phenols is 4. The fourth-order valence-corrected chi connectivity index (χ4v) is 2.46. The first-order chi connectivity index (χ1) is 9.43. The van der Waals surface area contributed by atoms with Crippen LogP contribution in [0, 0.1) is 0 Å². The van der Waals surface area contributed by atoms with Gasteiger partial charge in [0.25, 0.3) is 0 Å². The molecular weight excluding hydrogens is 260 g/mol. The van der Waals surface area contributed by atoms with Crippen molar-refractivity contribution in [3.8, 4) is 23.0 Å². The molecule has 3 aromatic rings. The molecular formula is C14H12N2O4. The molecule has 0 radical (unpaired) electrons. The first-order valence-electron chi connectivity index (χ1n) is 5.79. The van der Waals surface area contributed by atoms with Crippen molar-refractivity contribution in [3.05, 3.63) is 24.3 Å². The lowest BCUT2D eigenvalue weighted by atomic mass is 9.97. The smallest absolute Gasteiger partial charge is 0.137 e. The minimum Gasteiger partial charge on any atom is -0.507 e. The number of benzene rings is 3. The van der Waals surface area contributed by atoms with Crippen molar-refractivity contribution < 1.29 is 20.4 Å². The monoisotopic (exact) mass is 272 g/mol. The SMILES string of the molecule is Nc1ccc(N)c2c(O)c3c(O)ccc(O)c3c(O)c12. The summed E-state index contributed by atoms with van der Waals surface area (Å²) < 4.78 is 0. The molecule has 0 unspecified atom stereocenters. The summed E-state index contributed by atoms with van der Waals surface area (Å²) in [4.78, 5) is 0. The van der Waals surface area contributed by atoms with Crippen LogP contribution in [0.15, 0.2) is 24.3 Å².